The van der Waals surface area contributed by atoms with Crippen molar-refractivity contribution in [1.29, 1.82) is 0 Å². The Hall–Kier alpha value is -2.26. The summed E-state index contributed by atoms with van der Waals surface area (Å²) in [6, 6.07) is 7.33. The zero-order chi connectivity index (χ0) is 14.5. The molecule has 0 fully saturated rings. The molecule has 0 saturated carbocycles. The first-order chi connectivity index (χ1) is 9.61. The lowest BCUT2D eigenvalue weighted by atomic mass is 10.1. The highest BCUT2D eigenvalue weighted by atomic mass is 32.1. The van der Waals surface area contributed by atoms with E-state index in [-0.39, 0.29) is 5.11 Å². The van der Waals surface area contributed by atoms with Crippen molar-refractivity contribution in [2.75, 3.05) is 18.1 Å². The van der Waals surface area contributed by atoms with Crippen molar-refractivity contribution < 1.29 is 0 Å². The maximum absolute atomic E-state index is 5.97. The Balaban J connectivity index is 2.47. The second kappa shape index (κ2) is 6.26. The van der Waals surface area contributed by atoms with E-state index in [1.165, 1.54) is 11.3 Å². The second-order valence-electron chi connectivity index (χ2n) is 3.69. The second-order valence-corrected chi connectivity index (χ2v) is 5.10. The lowest BCUT2D eigenvalue weighted by molar-refractivity contribution is 1.02. The van der Waals surface area contributed by atoms with E-state index >= 15 is 0 Å². The molecule has 9 heteroatoms. The zero-order valence-corrected chi connectivity index (χ0v) is 12.3. The van der Waals surface area contributed by atoms with Gasteiger partial charge in [-0.25, -0.2) is 0 Å². The molecule has 0 aliphatic heterocycles. The number of hydrogen-bond acceptors (Lipinski definition) is 7. The minimum Gasteiger partial charge on any atom is -0.398 e. The van der Waals surface area contributed by atoms with Crippen molar-refractivity contribution in [2.45, 2.75) is 0 Å². The fourth-order valence-electron chi connectivity index (χ4n) is 1.47. The van der Waals surface area contributed by atoms with Crippen LogP contribution < -0.4 is 22.2 Å². The van der Waals surface area contributed by atoms with Crippen LogP contribution >= 0.6 is 23.6 Å². The van der Waals surface area contributed by atoms with Crippen molar-refractivity contribution in [3.05, 3.63) is 34.8 Å². The van der Waals surface area contributed by atoms with E-state index in [0.29, 0.717) is 21.5 Å². The standard InChI is InChI=1S/C11H13N7S2/c1-14-11-18-16-9(20-11)8(15-17-10(13)19)6-4-2-3-5-7(6)12/h2-5H,12H2,1H3,(H,14,18)(H3,13,17,19)/b15-8+. The van der Waals surface area contributed by atoms with Gasteiger partial charge in [0.25, 0.3) is 0 Å². The van der Waals surface area contributed by atoms with Gasteiger partial charge in [0.1, 0.15) is 5.71 Å². The minimum atomic E-state index is 0.0651. The Kier molecular flexibility index (Phi) is 4.43. The predicted octanol–water partition coefficient (Wildman–Crippen LogP) is 0.748. The Labute approximate surface area is 125 Å². The summed E-state index contributed by atoms with van der Waals surface area (Å²) >= 11 is 6.11. The summed E-state index contributed by atoms with van der Waals surface area (Å²) in [7, 11) is 1.77. The molecule has 20 heavy (non-hydrogen) atoms. The van der Waals surface area contributed by atoms with Crippen LogP contribution in [-0.4, -0.2) is 28.1 Å². The van der Waals surface area contributed by atoms with Crippen LogP contribution in [0.15, 0.2) is 29.4 Å². The van der Waals surface area contributed by atoms with Gasteiger partial charge in [-0.2, -0.15) is 5.10 Å². The summed E-state index contributed by atoms with van der Waals surface area (Å²) in [4.78, 5) is 0. The molecule has 2 aromatic rings. The Bertz CT molecular complexity index is 650. The third kappa shape index (κ3) is 3.19. The van der Waals surface area contributed by atoms with Gasteiger partial charge in [0.05, 0.1) is 0 Å². The Morgan fingerprint density at radius 3 is 2.70 bits per heavy atom. The molecule has 0 aliphatic carbocycles. The molecule has 0 unspecified atom stereocenters. The van der Waals surface area contributed by atoms with E-state index in [1.54, 1.807) is 13.1 Å². The molecule has 0 bridgehead atoms. The van der Waals surface area contributed by atoms with Crippen LogP contribution in [0.25, 0.3) is 0 Å². The molecular weight excluding hydrogens is 294 g/mol. The maximum Gasteiger partial charge on any atom is 0.205 e. The molecule has 0 atom stereocenters. The number of hydrogen-bond donors (Lipinski definition) is 4. The van der Waals surface area contributed by atoms with Gasteiger partial charge in [-0.05, 0) is 18.3 Å². The van der Waals surface area contributed by atoms with Gasteiger partial charge in [-0.1, -0.05) is 29.5 Å². The summed E-state index contributed by atoms with van der Waals surface area (Å²) in [5.74, 6) is 0. The fraction of sp³-hybridized carbons (Fsp3) is 0.0909. The van der Waals surface area contributed by atoms with Crippen LogP contribution in [0.5, 0.6) is 0 Å². The number of thiocarbonyl (C=S) groups is 1. The predicted molar refractivity (Wildman–Crippen MR) is 85.9 cm³/mol. The molecule has 104 valence electrons. The van der Waals surface area contributed by atoms with E-state index in [0.717, 1.165) is 5.56 Å². The quantitative estimate of drug-likeness (QED) is 0.285. The number of benzene rings is 1. The molecule has 2 rings (SSSR count). The molecule has 1 aromatic carbocycles. The Morgan fingerprint density at radius 2 is 2.10 bits per heavy atom. The average Bonchev–Trinajstić information content (AvgIpc) is 2.89. The highest BCUT2D eigenvalue weighted by Crippen LogP contribution is 2.21. The van der Waals surface area contributed by atoms with E-state index in [4.69, 9.17) is 23.7 Å². The van der Waals surface area contributed by atoms with Gasteiger partial charge >= 0.3 is 0 Å². The van der Waals surface area contributed by atoms with Crippen LogP contribution in [0, 0.1) is 0 Å². The molecular formula is C11H13N7S2. The smallest absolute Gasteiger partial charge is 0.205 e. The number of anilines is 2. The van der Waals surface area contributed by atoms with Gasteiger partial charge in [0.15, 0.2) is 10.1 Å². The normalized spacial score (nSPS) is 11.2. The van der Waals surface area contributed by atoms with Gasteiger partial charge in [0, 0.05) is 18.3 Å². The van der Waals surface area contributed by atoms with Crippen molar-refractivity contribution in [3.8, 4) is 0 Å². The molecule has 6 N–H and O–H groups in total. The van der Waals surface area contributed by atoms with Crippen LogP contribution in [-0.2, 0) is 0 Å². The monoisotopic (exact) mass is 307 g/mol. The summed E-state index contributed by atoms with van der Waals surface area (Å²) in [6.45, 7) is 0. The van der Waals surface area contributed by atoms with Crippen molar-refractivity contribution >= 4 is 45.2 Å². The molecule has 0 amide bonds. The third-order valence-corrected chi connectivity index (χ3v) is 3.37. The summed E-state index contributed by atoms with van der Waals surface area (Å²) < 4.78 is 0. The number of para-hydroxylation sites is 1. The SMILES string of the molecule is CNc1nnc(/C(=N/NC(N)=S)c2ccccc2N)s1. The van der Waals surface area contributed by atoms with Crippen LogP contribution in [0.3, 0.4) is 0 Å². The van der Waals surface area contributed by atoms with Crippen molar-refractivity contribution in [3.63, 3.8) is 0 Å². The lowest BCUT2D eigenvalue weighted by Gasteiger charge is -2.06. The number of nitrogen functional groups attached to an aromatic ring is 1. The Morgan fingerprint density at radius 1 is 1.35 bits per heavy atom. The van der Waals surface area contributed by atoms with Gasteiger partial charge in [-0.15, -0.1) is 10.2 Å². The highest BCUT2D eigenvalue weighted by molar-refractivity contribution is 7.80. The van der Waals surface area contributed by atoms with Gasteiger partial charge < -0.3 is 16.8 Å². The summed E-state index contributed by atoms with van der Waals surface area (Å²) in [6.07, 6.45) is 0. The van der Waals surface area contributed by atoms with Crippen LogP contribution in [0.4, 0.5) is 10.8 Å². The fourth-order valence-corrected chi connectivity index (χ4v) is 2.21. The molecule has 0 radical (unpaired) electrons. The van der Waals surface area contributed by atoms with Crippen LogP contribution in [0.1, 0.15) is 10.6 Å². The molecule has 0 spiro atoms. The van der Waals surface area contributed by atoms with Crippen LogP contribution in [0.2, 0.25) is 0 Å². The number of nitrogens with two attached hydrogens (primary N) is 2. The first-order valence-corrected chi connectivity index (χ1v) is 6.84. The van der Waals surface area contributed by atoms with E-state index in [9.17, 15) is 0 Å². The lowest BCUT2D eigenvalue weighted by Crippen LogP contribution is -2.26. The average molecular weight is 307 g/mol. The first kappa shape index (κ1) is 14.2. The third-order valence-electron chi connectivity index (χ3n) is 2.34. The number of nitrogens with one attached hydrogen (secondary N) is 2. The van der Waals surface area contributed by atoms with E-state index < -0.39 is 0 Å². The first-order valence-electron chi connectivity index (χ1n) is 5.61. The van der Waals surface area contributed by atoms with Crippen molar-refractivity contribution in [1.82, 2.24) is 15.6 Å². The van der Waals surface area contributed by atoms with Gasteiger partial charge in [0.2, 0.25) is 5.13 Å². The number of rotatable bonds is 4. The molecule has 0 aliphatic rings. The topological polar surface area (TPSA) is 114 Å². The molecule has 0 saturated heterocycles. The maximum atomic E-state index is 5.97. The van der Waals surface area contributed by atoms with E-state index in [1.807, 2.05) is 18.2 Å². The minimum absolute atomic E-state index is 0.0651. The van der Waals surface area contributed by atoms with E-state index in [2.05, 4.69) is 26.0 Å². The summed E-state index contributed by atoms with van der Waals surface area (Å²) in [5.41, 5.74) is 15.8. The van der Waals surface area contributed by atoms with Gasteiger partial charge in [-0.3, -0.25) is 5.43 Å². The molecule has 1 heterocycles. The molecule has 1 aromatic heterocycles. The highest BCUT2D eigenvalue weighted by Gasteiger charge is 2.15. The number of hydrazone groups is 1. The van der Waals surface area contributed by atoms with Crippen molar-refractivity contribution in [2.24, 2.45) is 10.8 Å². The molecule has 7 nitrogen and oxygen atoms in total. The zero-order valence-electron chi connectivity index (χ0n) is 10.6. The largest absolute Gasteiger partial charge is 0.398 e. The number of aromatic nitrogens is 2. The summed E-state index contributed by atoms with van der Waals surface area (Å²) in [5, 5.41) is 16.5. The number of nitrogens with zero attached hydrogens (tertiary/aromatic N) is 3.